The van der Waals surface area contributed by atoms with E-state index in [4.69, 9.17) is 0 Å². The molecule has 0 amide bonds. The fourth-order valence-electron chi connectivity index (χ4n) is 2.11. The van der Waals surface area contributed by atoms with Crippen LogP contribution in [0.5, 0.6) is 11.5 Å². The van der Waals surface area contributed by atoms with E-state index in [1.807, 2.05) is 0 Å². The Morgan fingerprint density at radius 3 is 2.33 bits per heavy atom. The molecule has 7 heteroatoms. The van der Waals surface area contributed by atoms with Crippen molar-refractivity contribution in [3.8, 4) is 11.5 Å². The molecule has 0 radical (unpaired) electrons. The molecule has 2 rings (SSSR count). The van der Waals surface area contributed by atoms with Crippen LogP contribution in [0.3, 0.4) is 0 Å². The third kappa shape index (κ3) is 4.49. The summed E-state index contributed by atoms with van der Waals surface area (Å²) in [5, 5.41) is 3.22. The lowest BCUT2D eigenvalue weighted by Crippen LogP contribution is -2.20. The highest BCUT2D eigenvalue weighted by Gasteiger charge is 2.45. The number of ether oxygens (including phenoxy) is 2. The summed E-state index contributed by atoms with van der Waals surface area (Å²) in [6.07, 6.45) is 1.00. The van der Waals surface area contributed by atoms with Crippen LogP contribution in [0.4, 0.5) is 17.6 Å². The summed E-state index contributed by atoms with van der Waals surface area (Å²) < 4.78 is 57.6. The van der Waals surface area contributed by atoms with Gasteiger partial charge in [-0.1, -0.05) is 19.9 Å². The van der Waals surface area contributed by atoms with E-state index in [9.17, 15) is 17.6 Å². The van der Waals surface area contributed by atoms with Gasteiger partial charge in [-0.15, -0.1) is 0 Å². The fourth-order valence-corrected chi connectivity index (χ4v) is 2.11. The molecular formula is C14H17F4NO2. The molecule has 1 fully saturated rings. The number of alkyl halides is 4. The lowest BCUT2D eigenvalue weighted by molar-refractivity contribution is -0.0546. The number of hydrogen-bond acceptors (Lipinski definition) is 3. The molecule has 1 N–H and O–H groups in total. The van der Waals surface area contributed by atoms with E-state index in [0.29, 0.717) is 18.2 Å². The van der Waals surface area contributed by atoms with Crippen LogP contribution in [0.15, 0.2) is 18.2 Å². The Morgan fingerprint density at radius 1 is 1.19 bits per heavy atom. The van der Waals surface area contributed by atoms with Crippen molar-refractivity contribution in [2.45, 2.75) is 46.1 Å². The van der Waals surface area contributed by atoms with Crippen molar-refractivity contribution in [1.82, 2.24) is 5.32 Å². The molecule has 1 aliphatic carbocycles. The Hall–Kier alpha value is -1.50. The lowest BCUT2D eigenvalue weighted by atomic mass is 10.1. The Morgan fingerprint density at radius 2 is 1.81 bits per heavy atom. The van der Waals surface area contributed by atoms with Crippen molar-refractivity contribution < 1.29 is 27.0 Å². The molecule has 0 aromatic heterocycles. The minimum absolute atomic E-state index is 0.158. The normalized spacial score (nSPS) is 19.9. The number of halogens is 4. The standard InChI is InChI=1S/C14H17F4NO2/c1-14(2)6-11(14)19-7-8-3-4-9(20-12(15)16)5-10(8)21-13(17)18/h3-5,11-13,19H,6-7H2,1-2H3. The first-order valence-electron chi connectivity index (χ1n) is 6.54. The maximum Gasteiger partial charge on any atom is 0.387 e. The van der Waals surface area contributed by atoms with E-state index in [0.717, 1.165) is 12.5 Å². The van der Waals surface area contributed by atoms with Crippen LogP contribution in [-0.2, 0) is 6.54 Å². The number of nitrogens with one attached hydrogen (secondary N) is 1. The first kappa shape index (κ1) is 15.9. The van der Waals surface area contributed by atoms with E-state index in [-0.39, 0.29) is 16.9 Å². The molecule has 0 saturated heterocycles. The van der Waals surface area contributed by atoms with Gasteiger partial charge >= 0.3 is 13.2 Å². The highest BCUT2D eigenvalue weighted by molar-refractivity contribution is 5.41. The van der Waals surface area contributed by atoms with Crippen LogP contribution in [-0.4, -0.2) is 19.3 Å². The van der Waals surface area contributed by atoms with Gasteiger partial charge in [0.05, 0.1) is 0 Å². The molecule has 0 heterocycles. The largest absolute Gasteiger partial charge is 0.435 e. The molecule has 118 valence electrons. The average molecular weight is 307 g/mol. The minimum atomic E-state index is -3.03. The molecule has 0 spiro atoms. The van der Waals surface area contributed by atoms with Gasteiger partial charge in [0.15, 0.2) is 0 Å². The van der Waals surface area contributed by atoms with Crippen molar-refractivity contribution in [3.63, 3.8) is 0 Å². The van der Waals surface area contributed by atoms with Crippen LogP contribution in [0.25, 0.3) is 0 Å². The molecule has 3 nitrogen and oxygen atoms in total. The van der Waals surface area contributed by atoms with E-state index >= 15 is 0 Å². The summed E-state index contributed by atoms with van der Waals surface area (Å²) in [7, 11) is 0. The monoisotopic (exact) mass is 307 g/mol. The summed E-state index contributed by atoms with van der Waals surface area (Å²) in [6, 6.07) is 4.11. The van der Waals surface area contributed by atoms with Gasteiger partial charge < -0.3 is 14.8 Å². The Balaban J connectivity index is 2.07. The van der Waals surface area contributed by atoms with Crippen molar-refractivity contribution >= 4 is 0 Å². The van der Waals surface area contributed by atoms with E-state index in [1.54, 1.807) is 0 Å². The summed E-state index contributed by atoms with van der Waals surface area (Å²) in [4.78, 5) is 0. The van der Waals surface area contributed by atoms with Gasteiger partial charge in [0, 0.05) is 24.2 Å². The van der Waals surface area contributed by atoms with Crippen LogP contribution in [0.2, 0.25) is 0 Å². The van der Waals surface area contributed by atoms with Crippen LogP contribution < -0.4 is 14.8 Å². The highest BCUT2D eigenvalue weighted by atomic mass is 19.3. The molecule has 1 atom stereocenters. The summed E-state index contributed by atoms with van der Waals surface area (Å²) >= 11 is 0. The Bertz CT molecular complexity index is 494. The molecular weight excluding hydrogens is 290 g/mol. The fraction of sp³-hybridized carbons (Fsp3) is 0.571. The van der Waals surface area contributed by atoms with Crippen molar-refractivity contribution in [1.29, 1.82) is 0 Å². The van der Waals surface area contributed by atoms with Gasteiger partial charge in [0.2, 0.25) is 0 Å². The number of hydrogen-bond donors (Lipinski definition) is 1. The van der Waals surface area contributed by atoms with Crippen molar-refractivity contribution in [2.75, 3.05) is 0 Å². The van der Waals surface area contributed by atoms with Crippen LogP contribution >= 0.6 is 0 Å². The summed E-state index contributed by atoms with van der Waals surface area (Å²) in [5.41, 5.74) is 0.669. The maximum atomic E-state index is 12.4. The Labute approximate surface area is 120 Å². The number of benzene rings is 1. The quantitative estimate of drug-likeness (QED) is 0.778. The SMILES string of the molecule is CC1(C)CC1NCc1ccc(OC(F)F)cc1OC(F)F. The molecule has 1 aromatic carbocycles. The van der Waals surface area contributed by atoms with Gasteiger partial charge in [-0.2, -0.15) is 17.6 Å². The predicted octanol–water partition coefficient (Wildman–Crippen LogP) is 3.78. The first-order chi connectivity index (χ1) is 9.78. The van der Waals surface area contributed by atoms with E-state index in [2.05, 4.69) is 28.6 Å². The molecule has 1 saturated carbocycles. The molecule has 1 aliphatic rings. The first-order valence-corrected chi connectivity index (χ1v) is 6.54. The second-order valence-corrected chi connectivity index (χ2v) is 5.65. The summed E-state index contributed by atoms with van der Waals surface area (Å²) in [6.45, 7) is -1.52. The lowest BCUT2D eigenvalue weighted by Gasteiger charge is -2.14. The molecule has 0 aliphatic heterocycles. The molecule has 1 aromatic rings. The zero-order valence-corrected chi connectivity index (χ0v) is 11.7. The summed E-state index contributed by atoms with van der Waals surface area (Å²) in [5.74, 6) is -0.370. The van der Waals surface area contributed by atoms with E-state index in [1.165, 1.54) is 12.1 Å². The van der Waals surface area contributed by atoms with Gasteiger partial charge in [0.1, 0.15) is 11.5 Å². The molecule has 21 heavy (non-hydrogen) atoms. The predicted molar refractivity (Wildman–Crippen MR) is 68.7 cm³/mol. The zero-order valence-electron chi connectivity index (χ0n) is 11.7. The Kier molecular flexibility index (Phi) is 4.61. The van der Waals surface area contributed by atoms with Crippen molar-refractivity contribution in [3.05, 3.63) is 23.8 Å². The third-order valence-electron chi connectivity index (χ3n) is 3.53. The average Bonchev–Trinajstić information content (AvgIpc) is 2.94. The number of rotatable bonds is 7. The molecule has 1 unspecified atom stereocenters. The molecule has 0 bridgehead atoms. The van der Waals surface area contributed by atoms with Crippen LogP contribution in [0.1, 0.15) is 25.8 Å². The maximum absolute atomic E-state index is 12.4. The minimum Gasteiger partial charge on any atom is -0.435 e. The van der Waals surface area contributed by atoms with Crippen LogP contribution in [0, 0.1) is 5.41 Å². The van der Waals surface area contributed by atoms with Crippen molar-refractivity contribution in [2.24, 2.45) is 5.41 Å². The zero-order chi connectivity index (χ0) is 15.6. The van der Waals surface area contributed by atoms with E-state index < -0.39 is 13.2 Å². The van der Waals surface area contributed by atoms with Gasteiger partial charge in [0.25, 0.3) is 0 Å². The van der Waals surface area contributed by atoms with Gasteiger partial charge in [-0.25, -0.2) is 0 Å². The topological polar surface area (TPSA) is 30.5 Å². The van der Waals surface area contributed by atoms with Gasteiger partial charge in [-0.3, -0.25) is 0 Å². The second kappa shape index (κ2) is 6.09. The van der Waals surface area contributed by atoms with Gasteiger partial charge in [-0.05, 0) is 17.9 Å². The third-order valence-corrected chi connectivity index (χ3v) is 3.53. The highest BCUT2D eigenvalue weighted by Crippen LogP contribution is 2.44. The second-order valence-electron chi connectivity index (χ2n) is 5.65. The smallest absolute Gasteiger partial charge is 0.387 e.